The number of benzene rings is 2. The third kappa shape index (κ3) is 3.88. The van der Waals surface area contributed by atoms with Crippen LogP contribution in [0.25, 0.3) is 0 Å². The van der Waals surface area contributed by atoms with Gasteiger partial charge in [-0.1, -0.05) is 22.0 Å². The van der Waals surface area contributed by atoms with Crippen LogP contribution in [0.4, 0.5) is 20.6 Å². The van der Waals surface area contributed by atoms with Crippen LogP contribution in [0.15, 0.2) is 53.0 Å². The molecular weight excluding hydrogens is 427 g/mol. The first-order chi connectivity index (χ1) is 13.5. The SMILES string of the molecule is O=C1CC(N2CCN(c3ccc(F)cc3)CC2)NC(=O)N1c1cccc(Br)c1. The van der Waals surface area contributed by atoms with Crippen molar-refractivity contribution in [2.24, 2.45) is 0 Å². The minimum absolute atomic E-state index is 0.215. The van der Waals surface area contributed by atoms with E-state index >= 15 is 0 Å². The minimum Gasteiger partial charge on any atom is -0.369 e. The molecule has 0 spiro atoms. The van der Waals surface area contributed by atoms with Crippen molar-refractivity contribution in [1.29, 1.82) is 0 Å². The molecule has 2 saturated heterocycles. The number of amides is 3. The summed E-state index contributed by atoms with van der Waals surface area (Å²) in [5.41, 5.74) is 1.53. The van der Waals surface area contributed by atoms with Crippen molar-refractivity contribution in [2.45, 2.75) is 12.6 Å². The number of nitrogens with zero attached hydrogens (tertiary/aromatic N) is 3. The van der Waals surface area contributed by atoms with Gasteiger partial charge >= 0.3 is 6.03 Å². The predicted molar refractivity (Wildman–Crippen MR) is 109 cm³/mol. The molecule has 8 heteroatoms. The van der Waals surface area contributed by atoms with Gasteiger partial charge in [0.25, 0.3) is 0 Å². The van der Waals surface area contributed by atoms with Gasteiger partial charge in [-0.3, -0.25) is 9.69 Å². The molecule has 6 nitrogen and oxygen atoms in total. The molecule has 0 bridgehead atoms. The van der Waals surface area contributed by atoms with Crippen LogP contribution in [0, 0.1) is 5.82 Å². The summed E-state index contributed by atoms with van der Waals surface area (Å²) in [6.07, 6.45) is -0.0757. The lowest BCUT2D eigenvalue weighted by Gasteiger charge is -2.42. The molecule has 2 fully saturated rings. The quantitative estimate of drug-likeness (QED) is 0.786. The van der Waals surface area contributed by atoms with Gasteiger partial charge in [-0.25, -0.2) is 14.1 Å². The van der Waals surface area contributed by atoms with Crippen molar-refractivity contribution < 1.29 is 14.0 Å². The predicted octanol–water partition coefficient (Wildman–Crippen LogP) is 3.18. The Morgan fingerprint density at radius 2 is 1.68 bits per heavy atom. The number of carbonyl (C=O) groups excluding carboxylic acids is 2. The normalized spacial score (nSPS) is 21.0. The molecule has 2 heterocycles. The number of halogens is 2. The third-order valence-corrected chi connectivity index (χ3v) is 5.62. The Hall–Kier alpha value is -2.45. The second kappa shape index (κ2) is 7.89. The van der Waals surface area contributed by atoms with Crippen molar-refractivity contribution in [1.82, 2.24) is 10.2 Å². The van der Waals surface area contributed by atoms with E-state index in [0.29, 0.717) is 18.8 Å². The maximum atomic E-state index is 13.1. The summed E-state index contributed by atoms with van der Waals surface area (Å²) < 4.78 is 13.9. The molecule has 4 rings (SSSR count). The van der Waals surface area contributed by atoms with Crippen LogP contribution < -0.4 is 15.1 Å². The van der Waals surface area contributed by atoms with Gasteiger partial charge in [0.05, 0.1) is 18.3 Å². The molecule has 2 aliphatic rings. The van der Waals surface area contributed by atoms with Gasteiger partial charge in [-0.2, -0.15) is 0 Å². The molecule has 0 radical (unpaired) electrons. The van der Waals surface area contributed by atoms with E-state index in [1.165, 1.54) is 17.0 Å². The number of urea groups is 1. The number of piperazine rings is 1. The third-order valence-electron chi connectivity index (χ3n) is 5.12. The molecule has 3 amide bonds. The monoisotopic (exact) mass is 446 g/mol. The smallest absolute Gasteiger partial charge is 0.329 e. The molecule has 1 atom stereocenters. The van der Waals surface area contributed by atoms with Gasteiger partial charge in [0.1, 0.15) is 5.82 Å². The first-order valence-corrected chi connectivity index (χ1v) is 9.94. The van der Waals surface area contributed by atoms with E-state index in [1.54, 1.807) is 30.3 Å². The van der Waals surface area contributed by atoms with E-state index in [4.69, 9.17) is 0 Å². The van der Waals surface area contributed by atoms with Crippen molar-refractivity contribution in [3.63, 3.8) is 0 Å². The standard InChI is InChI=1S/C20H20BrFN4O2/c21-14-2-1-3-17(12-14)26-19(27)13-18(23-20(26)28)25-10-8-24(9-11-25)16-6-4-15(22)5-7-16/h1-7,12,18H,8-11,13H2,(H,23,28). The van der Waals surface area contributed by atoms with Gasteiger partial charge < -0.3 is 10.2 Å². The Kier molecular flexibility index (Phi) is 5.32. The highest BCUT2D eigenvalue weighted by Gasteiger charge is 2.36. The molecule has 146 valence electrons. The molecule has 2 aromatic carbocycles. The van der Waals surface area contributed by atoms with Gasteiger partial charge in [0.15, 0.2) is 0 Å². The topological polar surface area (TPSA) is 55.9 Å². The highest BCUT2D eigenvalue weighted by Crippen LogP contribution is 2.25. The summed E-state index contributed by atoms with van der Waals surface area (Å²) in [6, 6.07) is 13.2. The van der Waals surface area contributed by atoms with Crippen LogP contribution in [0.2, 0.25) is 0 Å². The highest BCUT2D eigenvalue weighted by molar-refractivity contribution is 9.10. The fourth-order valence-corrected chi connectivity index (χ4v) is 4.06. The zero-order chi connectivity index (χ0) is 19.7. The fourth-order valence-electron chi connectivity index (χ4n) is 3.67. The van der Waals surface area contributed by atoms with Crippen LogP contribution >= 0.6 is 15.9 Å². The Bertz CT molecular complexity index is 866. The van der Waals surface area contributed by atoms with Crippen LogP contribution in [-0.4, -0.2) is 49.2 Å². The summed E-state index contributed by atoms with van der Waals surface area (Å²) in [7, 11) is 0. The number of rotatable bonds is 3. The molecule has 2 aliphatic heterocycles. The Morgan fingerprint density at radius 3 is 2.32 bits per heavy atom. The summed E-state index contributed by atoms with van der Waals surface area (Å²) >= 11 is 3.37. The first kappa shape index (κ1) is 18.9. The zero-order valence-electron chi connectivity index (χ0n) is 15.1. The lowest BCUT2D eigenvalue weighted by atomic mass is 10.1. The number of carbonyl (C=O) groups is 2. The zero-order valence-corrected chi connectivity index (χ0v) is 16.7. The molecule has 0 aliphatic carbocycles. The Morgan fingerprint density at radius 1 is 0.964 bits per heavy atom. The van der Waals surface area contributed by atoms with Crippen molar-refractivity contribution in [3.8, 4) is 0 Å². The first-order valence-electron chi connectivity index (χ1n) is 9.15. The highest BCUT2D eigenvalue weighted by atomic mass is 79.9. The second-order valence-electron chi connectivity index (χ2n) is 6.88. The molecule has 0 saturated carbocycles. The number of anilines is 2. The molecule has 1 unspecified atom stereocenters. The molecular formula is C20H20BrFN4O2. The summed E-state index contributed by atoms with van der Waals surface area (Å²) in [6.45, 7) is 2.93. The summed E-state index contributed by atoms with van der Waals surface area (Å²) in [5.74, 6) is -0.464. The van der Waals surface area contributed by atoms with E-state index in [0.717, 1.165) is 23.2 Å². The van der Waals surface area contributed by atoms with E-state index in [1.807, 2.05) is 6.07 Å². The van der Waals surface area contributed by atoms with Crippen molar-refractivity contribution >= 4 is 39.2 Å². The van der Waals surface area contributed by atoms with Crippen LogP contribution in [0.3, 0.4) is 0 Å². The maximum absolute atomic E-state index is 13.1. The van der Waals surface area contributed by atoms with E-state index in [2.05, 4.69) is 31.0 Å². The average molecular weight is 447 g/mol. The molecule has 2 aromatic rings. The largest absolute Gasteiger partial charge is 0.369 e. The van der Waals surface area contributed by atoms with Gasteiger partial charge in [-0.05, 0) is 42.5 Å². The number of nitrogens with one attached hydrogen (secondary N) is 1. The molecule has 0 aromatic heterocycles. The van der Waals surface area contributed by atoms with Gasteiger partial charge in [0, 0.05) is 36.3 Å². The van der Waals surface area contributed by atoms with E-state index < -0.39 is 6.03 Å². The van der Waals surface area contributed by atoms with Crippen LogP contribution in [-0.2, 0) is 4.79 Å². The van der Waals surface area contributed by atoms with Crippen molar-refractivity contribution in [3.05, 3.63) is 58.8 Å². The lowest BCUT2D eigenvalue weighted by Crippen LogP contribution is -2.63. The van der Waals surface area contributed by atoms with Crippen molar-refractivity contribution in [2.75, 3.05) is 36.0 Å². The van der Waals surface area contributed by atoms with E-state index in [-0.39, 0.29) is 24.3 Å². The van der Waals surface area contributed by atoms with Crippen LogP contribution in [0.1, 0.15) is 6.42 Å². The molecule has 1 N–H and O–H groups in total. The summed E-state index contributed by atoms with van der Waals surface area (Å²) in [4.78, 5) is 30.7. The Balaban J connectivity index is 1.39. The van der Waals surface area contributed by atoms with Crippen LogP contribution in [0.5, 0.6) is 0 Å². The number of hydrogen-bond acceptors (Lipinski definition) is 4. The maximum Gasteiger partial charge on any atom is 0.329 e. The fraction of sp³-hybridized carbons (Fsp3) is 0.300. The molecule has 28 heavy (non-hydrogen) atoms. The average Bonchev–Trinajstić information content (AvgIpc) is 2.68. The summed E-state index contributed by atoms with van der Waals surface area (Å²) in [5, 5.41) is 2.96. The number of hydrogen-bond donors (Lipinski definition) is 1. The van der Waals surface area contributed by atoms with Gasteiger partial charge in [0.2, 0.25) is 5.91 Å². The van der Waals surface area contributed by atoms with Gasteiger partial charge in [-0.15, -0.1) is 0 Å². The second-order valence-corrected chi connectivity index (χ2v) is 7.79. The number of imide groups is 1. The minimum atomic E-state index is -0.402. The van der Waals surface area contributed by atoms with E-state index in [9.17, 15) is 14.0 Å². The lowest BCUT2D eigenvalue weighted by molar-refractivity contribution is -0.120. The Labute approximate surface area is 171 Å².